The molecule has 0 spiro atoms. The summed E-state index contributed by atoms with van der Waals surface area (Å²) in [6, 6.07) is 11.9. The minimum absolute atomic E-state index is 0.0399. The second kappa shape index (κ2) is 8.27. The number of nitrogens with one attached hydrogen (secondary N) is 1. The molecule has 1 aliphatic heterocycles. The molecule has 0 aliphatic carbocycles. The first kappa shape index (κ1) is 17.6. The molecular weight excluding hydrogens is 318 g/mol. The highest BCUT2D eigenvalue weighted by Gasteiger charge is 2.28. The number of ether oxygens (including phenoxy) is 2. The van der Waals surface area contributed by atoms with Crippen molar-refractivity contribution in [1.82, 2.24) is 15.1 Å². The Morgan fingerprint density at radius 2 is 2.16 bits per heavy atom. The highest BCUT2D eigenvalue weighted by molar-refractivity contribution is 5.76. The fraction of sp³-hybridized carbons (Fsp3) is 0.474. The molecule has 1 aliphatic rings. The van der Waals surface area contributed by atoms with Crippen LogP contribution in [0.25, 0.3) is 0 Å². The van der Waals surface area contributed by atoms with Crippen molar-refractivity contribution in [3.05, 3.63) is 53.3 Å². The average molecular weight is 343 g/mol. The molecule has 25 heavy (non-hydrogen) atoms. The van der Waals surface area contributed by atoms with Crippen molar-refractivity contribution >= 4 is 5.91 Å². The first-order chi connectivity index (χ1) is 12.1. The van der Waals surface area contributed by atoms with Gasteiger partial charge in [0.2, 0.25) is 5.91 Å². The van der Waals surface area contributed by atoms with Crippen LogP contribution in [0.15, 0.2) is 36.4 Å². The number of carbonyl (C=O) groups excluding carboxylic acids is 1. The monoisotopic (exact) mass is 343 g/mol. The van der Waals surface area contributed by atoms with Crippen molar-refractivity contribution in [3.63, 3.8) is 0 Å². The first-order valence-corrected chi connectivity index (χ1v) is 8.65. The fourth-order valence-corrected chi connectivity index (χ4v) is 3.04. The van der Waals surface area contributed by atoms with Crippen LogP contribution in [0, 0.1) is 13.8 Å². The molecule has 0 radical (unpaired) electrons. The van der Waals surface area contributed by atoms with Crippen LogP contribution in [0.5, 0.6) is 0 Å². The highest BCUT2D eigenvalue weighted by atomic mass is 16.5. The smallest absolute Gasteiger partial charge is 0.242 e. The standard InChI is InChI=1S/C19H25N3O3/c1-14-10-15(2)22(21-14)11-19(23)20-17-8-9-24-13-18(17)25-12-16-6-4-3-5-7-16/h3-7,10,17-18H,8-9,11-13H2,1-2H3,(H,20,23)/t17-,18-/m1/s1. The minimum atomic E-state index is -0.140. The molecule has 6 heteroatoms. The van der Waals surface area contributed by atoms with Crippen molar-refractivity contribution < 1.29 is 14.3 Å². The Morgan fingerprint density at radius 3 is 2.88 bits per heavy atom. The van der Waals surface area contributed by atoms with Crippen molar-refractivity contribution in [1.29, 1.82) is 0 Å². The third-order valence-corrected chi connectivity index (χ3v) is 4.35. The molecule has 0 saturated carbocycles. The lowest BCUT2D eigenvalue weighted by atomic mass is 10.1. The summed E-state index contributed by atoms with van der Waals surface area (Å²) in [6.07, 6.45) is 0.612. The molecule has 1 amide bonds. The molecule has 2 atom stereocenters. The van der Waals surface area contributed by atoms with Gasteiger partial charge in [0, 0.05) is 12.3 Å². The van der Waals surface area contributed by atoms with E-state index < -0.39 is 0 Å². The molecule has 1 aromatic heterocycles. The summed E-state index contributed by atoms with van der Waals surface area (Å²) in [4.78, 5) is 12.4. The summed E-state index contributed by atoms with van der Waals surface area (Å²) in [5, 5.41) is 7.42. The molecule has 1 fully saturated rings. The number of amides is 1. The van der Waals surface area contributed by atoms with Gasteiger partial charge in [-0.1, -0.05) is 30.3 Å². The number of nitrogens with zero attached hydrogens (tertiary/aromatic N) is 2. The zero-order chi connectivity index (χ0) is 17.6. The van der Waals surface area contributed by atoms with Crippen LogP contribution in [-0.2, 0) is 27.4 Å². The Hall–Kier alpha value is -2.18. The molecule has 1 aromatic carbocycles. The van der Waals surface area contributed by atoms with Crippen LogP contribution in [0.4, 0.5) is 0 Å². The van der Waals surface area contributed by atoms with E-state index in [4.69, 9.17) is 9.47 Å². The van der Waals surface area contributed by atoms with Gasteiger partial charge in [-0.05, 0) is 31.9 Å². The van der Waals surface area contributed by atoms with Gasteiger partial charge in [-0.25, -0.2) is 0 Å². The van der Waals surface area contributed by atoms with Gasteiger partial charge in [-0.3, -0.25) is 9.48 Å². The second-order valence-electron chi connectivity index (χ2n) is 6.46. The van der Waals surface area contributed by atoms with Gasteiger partial charge in [0.05, 0.1) is 24.9 Å². The van der Waals surface area contributed by atoms with Crippen LogP contribution in [0.2, 0.25) is 0 Å². The van der Waals surface area contributed by atoms with Gasteiger partial charge in [-0.2, -0.15) is 5.10 Å². The SMILES string of the molecule is Cc1cc(C)n(CC(=O)N[C@@H]2CCOC[C@H]2OCc2ccccc2)n1. The Bertz CT molecular complexity index is 699. The molecule has 6 nitrogen and oxygen atoms in total. The number of aryl methyl sites for hydroxylation is 2. The molecule has 0 unspecified atom stereocenters. The summed E-state index contributed by atoms with van der Waals surface area (Å²) >= 11 is 0. The maximum absolute atomic E-state index is 12.4. The normalized spacial score (nSPS) is 20.4. The first-order valence-electron chi connectivity index (χ1n) is 8.65. The molecule has 2 aromatic rings. The van der Waals surface area contributed by atoms with E-state index in [0.717, 1.165) is 23.4 Å². The molecule has 1 N–H and O–H groups in total. The number of aromatic nitrogens is 2. The van der Waals surface area contributed by atoms with E-state index in [9.17, 15) is 4.79 Å². The van der Waals surface area contributed by atoms with Gasteiger partial charge >= 0.3 is 0 Å². The van der Waals surface area contributed by atoms with E-state index in [0.29, 0.717) is 19.8 Å². The highest BCUT2D eigenvalue weighted by Crippen LogP contribution is 2.14. The summed E-state index contributed by atoms with van der Waals surface area (Å²) in [5.74, 6) is -0.0496. The zero-order valence-corrected chi connectivity index (χ0v) is 14.8. The van der Waals surface area contributed by atoms with Crippen LogP contribution in [0.1, 0.15) is 23.4 Å². The lowest BCUT2D eigenvalue weighted by Crippen LogP contribution is -2.50. The third-order valence-electron chi connectivity index (χ3n) is 4.35. The predicted octanol–water partition coefficient (Wildman–Crippen LogP) is 1.99. The molecule has 1 saturated heterocycles. The number of hydrogen-bond donors (Lipinski definition) is 1. The van der Waals surface area contributed by atoms with E-state index >= 15 is 0 Å². The summed E-state index contributed by atoms with van der Waals surface area (Å²) < 4.78 is 13.3. The van der Waals surface area contributed by atoms with Crippen molar-refractivity contribution in [2.75, 3.05) is 13.2 Å². The van der Waals surface area contributed by atoms with Crippen molar-refractivity contribution in [3.8, 4) is 0 Å². The third kappa shape index (κ3) is 4.90. The Morgan fingerprint density at radius 1 is 1.36 bits per heavy atom. The largest absolute Gasteiger partial charge is 0.379 e. The van der Waals surface area contributed by atoms with Crippen LogP contribution < -0.4 is 5.32 Å². The predicted molar refractivity (Wildman–Crippen MR) is 94.1 cm³/mol. The molecule has 0 bridgehead atoms. The second-order valence-corrected chi connectivity index (χ2v) is 6.46. The van der Waals surface area contributed by atoms with E-state index in [2.05, 4.69) is 10.4 Å². The average Bonchev–Trinajstić information content (AvgIpc) is 2.92. The van der Waals surface area contributed by atoms with Crippen LogP contribution in [0.3, 0.4) is 0 Å². The van der Waals surface area contributed by atoms with E-state index in [-0.39, 0.29) is 24.6 Å². The molecular formula is C19H25N3O3. The Labute approximate surface area is 148 Å². The summed E-state index contributed by atoms with van der Waals surface area (Å²) in [5.41, 5.74) is 3.01. The quantitative estimate of drug-likeness (QED) is 0.871. The topological polar surface area (TPSA) is 65.4 Å². The van der Waals surface area contributed by atoms with Gasteiger partial charge in [-0.15, -0.1) is 0 Å². The number of rotatable bonds is 6. The maximum atomic E-state index is 12.4. The zero-order valence-electron chi connectivity index (χ0n) is 14.8. The van der Waals surface area contributed by atoms with Gasteiger partial charge < -0.3 is 14.8 Å². The van der Waals surface area contributed by atoms with E-state index in [1.165, 1.54) is 0 Å². The van der Waals surface area contributed by atoms with Crippen molar-refractivity contribution in [2.45, 2.75) is 45.6 Å². The minimum Gasteiger partial charge on any atom is -0.379 e. The number of benzene rings is 1. The van der Waals surface area contributed by atoms with E-state index in [1.807, 2.05) is 50.2 Å². The Kier molecular flexibility index (Phi) is 5.83. The van der Waals surface area contributed by atoms with Gasteiger partial charge in [0.1, 0.15) is 12.6 Å². The molecule has 3 rings (SSSR count). The van der Waals surface area contributed by atoms with Crippen LogP contribution >= 0.6 is 0 Å². The summed E-state index contributed by atoms with van der Waals surface area (Å²) in [7, 11) is 0. The molecule has 134 valence electrons. The van der Waals surface area contributed by atoms with E-state index in [1.54, 1.807) is 4.68 Å². The molecule has 2 heterocycles. The number of carbonyl (C=O) groups is 1. The van der Waals surface area contributed by atoms with Crippen LogP contribution in [-0.4, -0.2) is 41.0 Å². The maximum Gasteiger partial charge on any atom is 0.242 e. The number of hydrogen-bond acceptors (Lipinski definition) is 4. The van der Waals surface area contributed by atoms with Gasteiger partial charge in [0.25, 0.3) is 0 Å². The lowest BCUT2D eigenvalue weighted by Gasteiger charge is -2.32. The van der Waals surface area contributed by atoms with Crippen molar-refractivity contribution in [2.24, 2.45) is 0 Å². The lowest BCUT2D eigenvalue weighted by molar-refractivity contribution is -0.127. The summed E-state index contributed by atoms with van der Waals surface area (Å²) in [6.45, 7) is 5.75. The van der Waals surface area contributed by atoms with Gasteiger partial charge in [0.15, 0.2) is 0 Å². The fourth-order valence-electron chi connectivity index (χ4n) is 3.04. The Balaban J connectivity index is 1.55.